The van der Waals surface area contributed by atoms with Crippen molar-refractivity contribution in [3.8, 4) is 0 Å². The van der Waals surface area contributed by atoms with E-state index in [9.17, 15) is 0 Å². The van der Waals surface area contributed by atoms with Crippen molar-refractivity contribution in [2.24, 2.45) is 0 Å². The summed E-state index contributed by atoms with van der Waals surface area (Å²) < 4.78 is 0. The Morgan fingerprint density at radius 1 is 1.20 bits per heavy atom. The molecule has 0 saturated carbocycles. The van der Waals surface area contributed by atoms with Gasteiger partial charge in [0.05, 0.1) is 0 Å². The number of hydrogen-bond donors (Lipinski definition) is 0. The van der Waals surface area contributed by atoms with Gasteiger partial charge >= 0.3 is 48.4 Å². The van der Waals surface area contributed by atoms with Crippen LogP contribution in [0.5, 0.6) is 0 Å². The molecule has 0 amide bonds. The van der Waals surface area contributed by atoms with Crippen LogP contribution in [0.1, 0.15) is 2.85 Å². The Labute approximate surface area is 100 Å². The smallest absolute Gasteiger partial charge is 1.00 e. The van der Waals surface area contributed by atoms with E-state index in [0.29, 0.717) is 0 Å². The number of hydrogen-bond acceptors (Lipinski definition) is 0. The quantitative estimate of drug-likeness (QED) is 0.325. The van der Waals surface area contributed by atoms with Crippen LogP contribution in [0, 0.1) is 0 Å². The van der Waals surface area contributed by atoms with Crippen molar-refractivity contribution in [2.45, 2.75) is 0 Å². The van der Waals surface area contributed by atoms with E-state index in [1.54, 1.807) is 0 Å². The normalized spacial score (nSPS) is 0. The molecule has 0 bridgehead atoms. The van der Waals surface area contributed by atoms with Crippen molar-refractivity contribution in [2.75, 3.05) is 0 Å². The molecule has 0 fully saturated rings. The molecule has 0 nitrogen and oxygen atoms in total. The fraction of sp³-hybridized carbons (Fsp3) is 0. The van der Waals surface area contributed by atoms with Crippen LogP contribution < -0.4 is 48.4 Å². The van der Waals surface area contributed by atoms with Crippen molar-refractivity contribution in [3.63, 3.8) is 0 Å². The summed E-state index contributed by atoms with van der Waals surface area (Å²) in [6, 6.07) is 0. The van der Waals surface area contributed by atoms with Crippen molar-refractivity contribution in [1.82, 2.24) is 0 Å². The van der Waals surface area contributed by atoms with Crippen molar-refractivity contribution in [1.29, 1.82) is 0 Å². The predicted molar refractivity (Wildman–Crippen MR) is 12.2 cm³/mol. The molecule has 0 aromatic rings. The Bertz CT molecular complexity index is 17.7. The minimum Gasteiger partial charge on any atom is -1.00 e. The van der Waals surface area contributed by atoms with E-state index >= 15 is 0 Å². The summed E-state index contributed by atoms with van der Waals surface area (Å²) in [5.41, 5.74) is 0. The Hall–Kier alpha value is 3.13. The maximum Gasteiger partial charge on any atom is 1.00 e. The summed E-state index contributed by atoms with van der Waals surface area (Å²) in [6.45, 7) is 0. The van der Waals surface area contributed by atoms with Crippen LogP contribution in [-0.4, -0.2) is 17.4 Å². The zero-order chi connectivity index (χ0) is 0. The first-order valence-electron chi connectivity index (χ1n) is 0. The summed E-state index contributed by atoms with van der Waals surface area (Å²) in [4.78, 5) is 0. The average molecular weight is 180 g/mol. The van der Waals surface area contributed by atoms with E-state index in [4.69, 9.17) is 0 Å². The average Bonchev–Trinajstić information content (AvgIpc) is 0. The van der Waals surface area contributed by atoms with Gasteiger partial charge in [-0.3, -0.25) is 0 Å². The fourth-order valence-corrected chi connectivity index (χ4v) is 0. The van der Waals surface area contributed by atoms with Crippen LogP contribution in [0.15, 0.2) is 0 Å². The first kappa shape index (κ1) is 42.2. The molecule has 0 aliphatic rings. The van der Waals surface area contributed by atoms with Crippen molar-refractivity contribution in [3.05, 3.63) is 0 Å². The van der Waals surface area contributed by atoms with Crippen LogP contribution in [0.4, 0.5) is 0 Å². The molecule has 0 heterocycles. The Morgan fingerprint density at radius 3 is 1.20 bits per heavy atom. The molecule has 0 saturated heterocycles. The van der Waals surface area contributed by atoms with Gasteiger partial charge in [-0.15, -0.1) is 0 Å². The molecule has 0 aromatic carbocycles. The van der Waals surface area contributed by atoms with E-state index < -0.39 is 0 Å². The first-order valence-corrected chi connectivity index (χ1v) is 0. The second kappa shape index (κ2) is 27.3. The summed E-state index contributed by atoms with van der Waals surface area (Å²) >= 11 is 0. The topological polar surface area (TPSA) is 0 Å². The molecule has 0 unspecified atom stereocenters. The molecular formula is H5AlCoLiNaNi. The van der Waals surface area contributed by atoms with Crippen LogP contribution in [0.3, 0.4) is 0 Å². The fourth-order valence-electron chi connectivity index (χ4n) is 0. The maximum atomic E-state index is 0. The summed E-state index contributed by atoms with van der Waals surface area (Å²) in [7, 11) is 0. The molecular weight excluding hydrogens is 175 g/mol. The van der Waals surface area contributed by atoms with Gasteiger partial charge in [0.15, 0.2) is 17.4 Å². The molecule has 29 valence electrons. The zero-order valence-corrected chi connectivity index (χ0v) is 6.68. The second-order valence-electron chi connectivity index (χ2n) is 0. The second-order valence-corrected chi connectivity index (χ2v) is 0. The Kier molecular flexibility index (Phi) is 231. The molecule has 0 aliphatic carbocycles. The Balaban J connectivity index is 0. The van der Waals surface area contributed by atoms with E-state index in [2.05, 4.69) is 0 Å². The van der Waals surface area contributed by atoms with Gasteiger partial charge in [-0.25, -0.2) is 0 Å². The van der Waals surface area contributed by atoms with E-state index in [-0.39, 0.29) is 102 Å². The minimum atomic E-state index is 0. The van der Waals surface area contributed by atoms with Gasteiger partial charge in [0, 0.05) is 33.3 Å². The monoisotopic (exact) mass is 179 g/mol. The van der Waals surface area contributed by atoms with Gasteiger partial charge in [0.25, 0.3) is 0 Å². The molecule has 0 atom stereocenters. The van der Waals surface area contributed by atoms with Gasteiger partial charge in [0.1, 0.15) is 0 Å². The van der Waals surface area contributed by atoms with Gasteiger partial charge in [-0.05, 0) is 0 Å². The Morgan fingerprint density at radius 2 is 1.20 bits per heavy atom. The third-order valence-electron chi connectivity index (χ3n) is 0. The van der Waals surface area contributed by atoms with Gasteiger partial charge in [-0.1, -0.05) is 0 Å². The molecule has 1 radical (unpaired) electrons. The maximum absolute atomic E-state index is 0. The molecule has 0 aromatic heterocycles. The molecule has 0 spiro atoms. The van der Waals surface area contributed by atoms with Crippen molar-refractivity contribution < 1.29 is 84.5 Å². The van der Waals surface area contributed by atoms with Crippen LogP contribution in [0.25, 0.3) is 0 Å². The van der Waals surface area contributed by atoms with Gasteiger partial charge in [-0.2, -0.15) is 0 Å². The SMILES string of the molecule is [AlH3].[Co].[H-].[H-].[Li+].[Na+].[Ni]. The molecule has 0 rings (SSSR count). The summed E-state index contributed by atoms with van der Waals surface area (Å²) in [6.07, 6.45) is 0. The molecule has 0 N–H and O–H groups in total. The number of rotatable bonds is 0. The van der Waals surface area contributed by atoms with E-state index in [1.807, 2.05) is 0 Å². The molecule has 5 heavy (non-hydrogen) atoms. The van der Waals surface area contributed by atoms with E-state index in [1.165, 1.54) is 0 Å². The van der Waals surface area contributed by atoms with Crippen molar-refractivity contribution >= 4 is 17.4 Å². The van der Waals surface area contributed by atoms with Gasteiger partial charge in [0.2, 0.25) is 0 Å². The summed E-state index contributed by atoms with van der Waals surface area (Å²) in [5, 5.41) is 0. The van der Waals surface area contributed by atoms with Crippen LogP contribution in [0.2, 0.25) is 0 Å². The van der Waals surface area contributed by atoms with E-state index in [0.717, 1.165) is 0 Å². The van der Waals surface area contributed by atoms with Crippen LogP contribution in [-0.2, 0) is 33.3 Å². The summed E-state index contributed by atoms with van der Waals surface area (Å²) in [5.74, 6) is 0. The molecule has 5 heteroatoms. The minimum absolute atomic E-state index is 0. The van der Waals surface area contributed by atoms with Gasteiger partial charge < -0.3 is 2.85 Å². The molecule has 0 aliphatic heterocycles. The van der Waals surface area contributed by atoms with Crippen LogP contribution >= 0.6 is 0 Å². The standard InChI is InChI=1S/Al.Co.Li.Na.Ni.5H/q;;2*+1;;;;;2*-1. The zero-order valence-electron chi connectivity index (χ0n) is 4.65. The largest absolute Gasteiger partial charge is 1.00 e. The first-order chi connectivity index (χ1) is 0. The predicted octanol–water partition coefficient (Wildman–Crippen LogP) is -6.96. The third kappa shape index (κ3) is 19.2. The third-order valence-corrected chi connectivity index (χ3v) is 0.